The van der Waals surface area contributed by atoms with Crippen molar-refractivity contribution in [2.24, 2.45) is 0 Å². The zero-order valence-electron chi connectivity index (χ0n) is 13.4. The first-order valence-electron chi connectivity index (χ1n) is 7.78. The van der Waals surface area contributed by atoms with Gasteiger partial charge in [-0.3, -0.25) is 0 Å². The lowest BCUT2D eigenvalue weighted by Crippen LogP contribution is -1.94. The molecule has 6 nitrogen and oxygen atoms in total. The number of hydrogen-bond donors (Lipinski definition) is 1. The van der Waals surface area contributed by atoms with E-state index < -0.39 is 0 Å². The lowest BCUT2D eigenvalue weighted by Gasteiger charge is -2.13. The molecule has 0 unspecified atom stereocenters. The Hall–Kier alpha value is -3.28. The molecule has 2 heterocycles. The Bertz CT molecular complexity index is 1010. The van der Waals surface area contributed by atoms with E-state index in [2.05, 4.69) is 0 Å². The number of aromatic hydroxyl groups is 1. The number of ether oxygens (including phenoxy) is 5. The molecule has 0 saturated heterocycles. The summed E-state index contributed by atoms with van der Waals surface area (Å²) in [6.45, 7) is 0.358. The lowest BCUT2D eigenvalue weighted by molar-refractivity contribution is 0.171. The Morgan fingerprint density at radius 2 is 1.64 bits per heavy atom. The van der Waals surface area contributed by atoms with Crippen LogP contribution in [0.1, 0.15) is 0 Å². The zero-order valence-corrected chi connectivity index (χ0v) is 13.4. The number of fused-ring (bicyclic) bond motifs is 3. The van der Waals surface area contributed by atoms with Crippen LogP contribution >= 0.6 is 0 Å². The molecule has 0 aromatic heterocycles. The highest BCUT2D eigenvalue weighted by Gasteiger charge is 2.23. The van der Waals surface area contributed by atoms with Gasteiger partial charge in [-0.05, 0) is 47.3 Å². The van der Waals surface area contributed by atoms with Gasteiger partial charge in [-0.1, -0.05) is 0 Å². The van der Waals surface area contributed by atoms with E-state index in [-0.39, 0.29) is 19.3 Å². The molecule has 0 radical (unpaired) electrons. The van der Waals surface area contributed by atoms with Crippen LogP contribution in [-0.2, 0) is 0 Å². The number of phenols is 1. The van der Waals surface area contributed by atoms with Crippen molar-refractivity contribution in [1.29, 1.82) is 0 Å². The Kier molecular flexibility index (Phi) is 2.88. The highest BCUT2D eigenvalue weighted by molar-refractivity contribution is 5.96. The Labute approximate surface area is 143 Å². The molecule has 0 aliphatic carbocycles. The van der Waals surface area contributed by atoms with Gasteiger partial charge in [0.05, 0.1) is 7.11 Å². The molecule has 126 valence electrons. The van der Waals surface area contributed by atoms with E-state index in [1.807, 2.05) is 24.3 Å². The fourth-order valence-electron chi connectivity index (χ4n) is 3.27. The first-order valence-corrected chi connectivity index (χ1v) is 7.78. The second-order valence-corrected chi connectivity index (χ2v) is 5.80. The Morgan fingerprint density at radius 1 is 0.880 bits per heavy atom. The maximum atomic E-state index is 10.5. The molecular formula is C19H14O6. The molecule has 0 atom stereocenters. The summed E-state index contributed by atoms with van der Waals surface area (Å²) in [5.74, 6) is 3.26. The second-order valence-electron chi connectivity index (χ2n) is 5.80. The van der Waals surface area contributed by atoms with Gasteiger partial charge in [-0.25, -0.2) is 0 Å². The van der Waals surface area contributed by atoms with Crippen LogP contribution in [0.4, 0.5) is 0 Å². The molecule has 2 aliphatic rings. The summed E-state index contributed by atoms with van der Waals surface area (Å²) >= 11 is 0. The molecule has 0 spiro atoms. The van der Waals surface area contributed by atoms with E-state index in [9.17, 15) is 5.11 Å². The average molecular weight is 338 g/mol. The fourth-order valence-corrected chi connectivity index (χ4v) is 3.27. The molecule has 5 rings (SSSR count). The Morgan fingerprint density at radius 3 is 2.48 bits per heavy atom. The summed E-state index contributed by atoms with van der Waals surface area (Å²) in [7, 11) is 1.58. The average Bonchev–Trinajstić information content (AvgIpc) is 3.27. The highest BCUT2D eigenvalue weighted by Crippen LogP contribution is 2.48. The predicted octanol–water partition coefficient (Wildman–Crippen LogP) is 3.68. The standard InChI is InChI=1S/C19H14O6/c1-21-18-12(2-3-15-19(18)25-9-22-15)10-4-11-6-16-17(24-8-23-16)7-13(11)14(20)5-10/h2-7,20H,8-9H2,1H3. The molecule has 25 heavy (non-hydrogen) atoms. The van der Waals surface area contributed by atoms with Gasteiger partial charge < -0.3 is 28.8 Å². The number of phenolic OH excluding ortho intramolecular Hbond substituents is 1. The van der Waals surface area contributed by atoms with Crippen molar-refractivity contribution in [2.75, 3.05) is 20.7 Å². The van der Waals surface area contributed by atoms with E-state index >= 15 is 0 Å². The Balaban J connectivity index is 1.73. The van der Waals surface area contributed by atoms with Crippen LogP contribution in [0.15, 0.2) is 36.4 Å². The number of hydrogen-bond acceptors (Lipinski definition) is 6. The monoisotopic (exact) mass is 338 g/mol. The molecule has 1 N–H and O–H groups in total. The van der Waals surface area contributed by atoms with Crippen molar-refractivity contribution in [3.8, 4) is 45.6 Å². The lowest BCUT2D eigenvalue weighted by atomic mass is 9.98. The van der Waals surface area contributed by atoms with Crippen molar-refractivity contribution < 1.29 is 28.8 Å². The van der Waals surface area contributed by atoms with Crippen molar-refractivity contribution in [2.45, 2.75) is 0 Å². The van der Waals surface area contributed by atoms with Crippen molar-refractivity contribution >= 4 is 10.8 Å². The van der Waals surface area contributed by atoms with Gasteiger partial charge in [0.1, 0.15) is 5.75 Å². The van der Waals surface area contributed by atoms with Gasteiger partial charge in [0, 0.05) is 10.9 Å². The highest BCUT2D eigenvalue weighted by atomic mass is 16.7. The predicted molar refractivity (Wildman–Crippen MR) is 89.8 cm³/mol. The van der Waals surface area contributed by atoms with E-state index in [1.165, 1.54) is 0 Å². The van der Waals surface area contributed by atoms with E-state index in [4.69, 9.17) is 23.7 Å². The first-order chi connectivity index (χ1) is 12.2. The maximum absolute atomic E-state index is 10.5. The third kappa shape index (κ3) is 2.04. The SMILES string of the molecule is COc1c(-c2cc(O)c3cc4c(cc3c2)OCO4)ccc2c1OCO2. The molecule has 0 saturated carbocycles. The quantitative estimate of drug-likeness (QED) is 0.769. The van der Waals surface area contributed by atoms with Gasteiger partial charge >= 0.3 is 0 Å². The maximum Gasteiger partial charge on any atom is 0.231 e. The van der Waals surface area contributed by atoms with E-state index in [0.29, 0.717) is 34.1 Å². The summed E-state index contributed by atoms with van der Waals surface area (Å²) in [5.41, 5.74) is 1.61. The van der Waals surface area contributed by atoms with Gasteiger partial charge in [-0.2, -0.15) is 0 Å². The van der Waals surface area contributed by atoms with Crippen LogP contribution in [0.3, 0.4) is 0 Å². The van der Waals surface area contributed by atoms with Crippen molar-refractivity contribution in [1.82, 2.24) is 0 Å². The van der Waals surface area contributed by atoms with E-state index in [0.717, 1.165) is 16.5 Å². The molecule has 0 fully saturated rings. The third-order valence-corrected chi connectivity index (χ3v) is 4.43. The molecule has 2 aliphatic heterocycles. The largest absolute Gasteiger partial charge is 0.507 e. The van der Waals surface area contributed by atoms with Crippen molar-refractivity contribution in [3.05, 3.63) is 36.4 Å². The number of benzene rings is 3. The van der Waals surface area contributed by atoms with Crippen LogP contribution in [0.25, 0.3) is 21.9 Å². The van der Waals surface area contributed by atoms with E-state index in [1.54, 1.807) is 19.2 Å². The van der Waals surface area contributed by atoms with Gasteiger partial charge in [0.25, 0.3) is 0 Å². The summed E-state index contributed by atoms with van der Waals surface area (Å²) in [5, 5.41) is 12.1. The van der Waals surface area contributed by atoms with Crippen LogP contribution in [0, 0.1) is 0 Å². The molecule has 0 bridgehead atoms. The molecule has 0 amide bonds. The van der Waals surface area contributed by atoms with Gasteiger partial charge in [0.2, 0.25) is 19.3 Å². The third-order valence-electron chi connectivity index (χ3n) is 4.43. The van der Waals surface area contributed by atoms with Crippen LogP contribution in [0.5, 0.6) is 34.5 Å². The first kappa shape index (κ1) is 14.1. The van der Waals surface area contributed by atoms with Crippen LogP contribution < -0.4 is 23.7 Å². The molecule has 3 aromatic carbocycles. The summed E-state index contributed by atoms with van der Waals surface area (Å²) in [6.07, 6.45) is 0. The summed E-state index contributed by atoms with van der Waals surface area (Å²) in [6, 6.07) is 11.0. The summed E-state index contributed by atoms with van der Waals surface area (Å²) in [4.78, 5) is 0. The molecule has 3 aromatic rings. The van der Waals surface area contributed by atoms with Gasteiger partial charge in [0.15, 0.2) is 23.0 Å². The number of rotatable bonds is 2. The van der Waals surface area contributed by atoms with Crippen molar-refractivity contribution in [3.63, 3.8) is 0 Å². The molecule has 6 heteroatoms. The number of methoxy groups -OCH3 is 1. The minimum atomic E-state index is 0.158. The van der Waals surface area contributed by atoms with Crippen LogP contribution in [0.2, 0.25) is 0 Å². The second kappa shape index (κ2) is 5.11. The fraction of sp³-hybridized carbons (Fsp3) is 0.158. The smallest absolute Gasteiger partial charge is 0.231 e. The minimum absolute atomic E-state index is 0.158. The van der Waals surface area contributed by atoms with Crippen LogP contribution in [-0.4, -0.2) is 25.8 Å². The topological polar surface area (TPSA) is 66.4 Å². The van der Waals surface area contributed by atoms with Gasteiger partial charge in [-0.15, -0.1) is 0 Å². The molecular weight excluding hydrogens is 324 g/mol. The zero-order chi connectivity index (χ0) is 17.0. The summed E-state index contributed by atoms with van der Waals surface area (Å²) < 4.78 is 27.3. The minimum Gasteiger partial charge on any atom is -0.507 e. The normalized spacial score (nSPS) is 14.1.